The number of ether oxygens (including phenoxy) is 3. The molecule has 0 saturated heterocycles. The Morgan fingerprint density at radius 3 is 2.43 bits per heavy atom. The molecule has 0 heterocycles. The molecule has 2 N–H and O–H groups in total. The SMILES string of the molecule is CCOC(OCC)Oc1ccccc1C(=O)CCCCN. The van der Waals surface area contributed by atoms with Crippen LogP contribution >= 0.6 is 0 Å². The summed E-state index contributed by atoms with van der Waals surface area (Å²) in [5.74, 6) is 0.535. The van der Waals surface area contributed by atoms with Crippen LogP contribution in [0.3, 0.4) is 0 Å². The number of para-hydroxylation sites is 1. The van der Waals surface area contributed by atoms with Gasteiger partial charge in [0.05, 0.1) is 18.8 Å². The first kappa shape index (κ1) is 17.6. The summed E-state index contributed by atoms with van der Waals surface area (Å²) < 4.78 is 16.4. The van der Waals surface area contributed by atoms with E-state index < -0.39 is 6.48 Å². The van der Waals surface area contributed by atoms with E-state index in [9.17, 15) is 4.79 Å². The zero-order valence-electron chi connectivity index (χ0n) is 12.8. The Hall–Kier alpha value is -1.43. The largest absolute Gasteiger partial charge is 0.440 e. The minimum Gasteiger partial charge on any atom is -0.440 e. The van der Waals surface area contributed by atoms with Crippen LogP contribution in [0, 0.1) is 0 Å². The van der Waals surface area contributed by atoms with Crippen LogP contribution in [0.4, 0.5) is 0 Å². The lowest BCUT2D eigenvalue weighted by atomic mass is 10.0. The van der Waals surface area contributed by atoms with E-state index in [2.05, 4.69) is 0 Å². The van der Waals surface area contributed by atoms with Gasteiger partial charge < -0.3 is 19.9 Å². The number of benzene rings is 1. The van der Waals surface area contributed by atoms with E-state index in [1.165, 1.54) is 0 Å². The molecule has 21 heavy (non-hydrogen) atoms. The van der Waals surface area contributed by atoms with E-state index in [0.29, 0.717) is 37.5 Å². The van der Waals surface area contributed by atoms with E-state index in [-0.39, 0.29) is 5.78 Å². The van der Waals surface area contributed by atoms with Gasteiger partial charge in [-0.1, -0.05) is 12.1 Å². The second-order valence-electron chi connectivity index (χ2n) is 4.48. The molecular formula is C16H25NO4. The quantitative estimate of drug-likeness (QED) is 0.386. The second-order valence-corrected chi connectivity index (χ2v) is 4.48. The Balaban J connectivity index is 2.75. The van der Waals surface area contributed by atoms with E-state index in [0.717, 1.165) is 12.8 Å². The zero-order chi connectivity index (χ0) is 15.5. The number of ketones is 1. The summed E-state index contributed by atoms with van der Waals surface area (Å²) in [5, 5.41) is 0. The maximum absolute atomic E-state index is 12.2. The van der Waals surface area contributed by atoms with Crippen molar-refractivity contribution in [3.05, 3.63) is 29.8 Å². The predicted octanol–water partition coefficient (Wildman–Crippen LogP) is 2.73. The summed E-state index contributed by atoms with van der Waals surface area (Å²) >= 11 is 0. The maximum atomic E-state index is 12.2. The first-order valence-corrected chi connectivity index (χ1v) is 7.45. The molecule has 1 aromatic rings. The molecule has 0 spiro atoms. The van der Waals surface area contributed by atoms with Gasteiger partial charge in [-0.2, -0.15) is 0 Å². The number of unbranched alkanes of at least 4 members (excludes halogenated alkanes) is 1. The molecule has 0 saturated carbocycles. The Bertz CT molecular complexity index is 416. The van der Waals surface area contributed by atoms with Crippen LogP contribution in [0.5, 0.6) is 5.75 Å². The molecular weight excluding hydrogens is 270 g/mol. The van der Waals surface area contributed by atoms with Gasteiger partial charge in [0.1, 0.15) is 5.75 Å². The molecule has 118 valence electrons. The van der Waals surface area contributed by atoms with E-state index in [1.807, 2.05) is 26.0 Å². The highest BCUT2D eigenvalue weighted by atomic mass is 16.8. The van der Waals surface area contributed by atoms with Crippen molar-refractivity contribution in [1.29, 1.82) is 0 Å². The van der Waals surface area contributed by atoms with Crippen LogP contribution < -0.4 is 10.5 Å². The lowest BCUT2D eigenvalue weighted by molar-refractivity contribution is -0.242. The molecule has 0 bridgehead atoms. The number of Topliss-reactive ketones (excluding diaryl/α,β-unsaturated/α-hetero) is 1. The van der Waals surface area contributed by atoms with Crippen molar-refractivity contribution in [2.45, 2.75) is 39.6 Å². The molecule has 0 radical (unpaired) electrons. The average molecular weight is 295 g/mol. The van der Waals surface area contributed by atoms with E-state index in [4.69, 9.17) is 19.9 Å². The number of carbonyl (C=O) groups is 1. The molecule has 5 heteroatoms. The van der Waals surface area contributed by atoms with Crippen LogP contribution in [0.2, 0.25) is 0 Å². The Labute approximate surface area is 126 Å². The maximum Gasteiger partial charge on any atom is 0.315 e. The first-order valence-electron chi connectivity index (χ1n) is 7.45. The van der Waals surface area contributed by atoms with Gasteiger partial charge in [-0.05, 0) is 45.4 Å². The lowest BCUT2D eigenvalue weighted by Gasteiger charge is -2.19. The summed E-state index contributed by atoms with van der Waals surface area (Å²) in [6.45, 7) is 4.47. The topological polar surface area (TPSA) is 70.8 Å². The molecule has 0 amide bonds. The van der Waals surface area contributed by atoms with Crippen molar-refractivity contribution < 1.29 is 19.0 Å². The van der Waals surface area contributed by atoms with Crippen LogP contribution in [0.15, 0.2) is 24.3 Å². The minimum absolute atomic E-state index is 0.0470. The molecule has 0 aliphatic carbocycles. The van der Waals surface area contributed by atoms with Crippen molar-refractivity contribution in [3.8, 4) is 5.75 Å². The van der Waals surface area contributed by atoms with Gasteiger partial charge in [-0.3, -0.25) is 4.79 Å². The summed E-state index contributed by atoms with van der Waals surface area (Å²) in [6, 6.07) is 7.15. The lowest BCUT2D eigenvalue weighted by Crippen LogP contribution is -2.25. The fraction of sp³-hybridized carbons (Fsp3) is 0.562. The summed E-state index contributed by atoms with van der Waals surface area (Å²) in [7, 11) is 0. The van der Waals surface area contributed by atoms with Crippen LogP contribution in [0.1, 0.15) is 43.5 Å². The highest BCUT2D eigenvalue weighted by molar-refractivity contribution is 5.98. The second kappa shape index (κ2) is 10.3. The molecule has 1 rings (SSSR count). The third-order valence-corrected chi connectivity index (χ3v) is 2.87. The Morgan fingerprint density at radius 1 is 1.14 bits per heavy atom. The fourth-order valence-corrected chi connectivity index (χ4v) is 1.86. The predicted molar refractivity (Wildman–Crippen MR) is 81.3 cm³/mol. The Kier molecular flexibility index (Phi) is 8.66. The third-order valence-electron chi connectivity index (χ3n) is 2.87. The molecule has 0 unspecified atom stereocenters. The molecule has 0 fully saturated rings. The number of hydrogen-bond acceptors (Lipinski definition) is 5. The van der Waals surface area contributed by atoms with Gasteiger partial charge in [-0.15, -0.1) is 0 Å². The first-order chi connectivity index (χ1) is 10.2. The van der Waals surface area contributed by atoms with E-state index in [1.54, 1.807) is 12.1 Å². The highest BCUT2D eigenvalue weighted by Crippen LogP contribution is 2.22. The number of hydrogen-bond donors (Lipinski definition) is 1. The van der Waals surface area contributed by atoms with Crippen molar-refractivity contribution in [2.75, 3.05) is 19.8 Å². The molecule has 0 atom stereocenters. The number of carbonyl (C=O) groups excluding carboxylic acids is 1. The van der Waals surface area contributed by atoms with Gasteiger partial charge in [0.15, 0.2) is 5.78 Å². The zero-order valence-corrected chi connectivity index (χ0v) is 12.8. The molecule has 0 aromatic heterocycles. The van der Waals surface area contributed by atoms with Crippen molar-refractivity contribution in [3.63, 3.8) is 0 Å². The molecule has 0 aliphatic heterocycles. The molecule has 1 aromatic carbocycles. The van der Waals surface area contributed by atoms with Gasteiger partial charge in [-0.25, -0.2) is 0 Å². The minimum atomic E-state index is -0.794. The van der Waals surface area contributed by atoms with Crippen molar-refractivity contribution in [1.82, 2.24) is 0 Å². The summed E-state index contributed by atoms with van der Waals surface area (Å²) in [5.41, 5.74) is 6.00. The van der Waals surface area contributed by atoms with Gasteiger partial charge in [0, 0.05) is 6.42 Å². The van der Waals surface area contributed by atoms with Crippen LogP contribution in [-0.4, -0.2) is 32.0 Å². The van der Waals surface area contributed by atoms with Gasteiger partial charge >= 0.3 is 6.48 Å². The van der Waals surface area contributed by atoms with Crippen molar-refractivity contribution >= 4 is 5.78 Å². The standard InChI is InChI=1S/C16H25NO4/c1-3-19-16(20-4-2)21-15-11-6-5-9-13(15)14(18)10-7-8-12-17/h5-6,9,11,16H,3-4,7-8,10,12,17H2,1-2H3. The highest BCUT2D eigenvalue weighted by Gasteiger charge is 2.16. The van der Waals surface area contributed by atoms with Crippen LogP contribution in [-0.2, 0) is 9.47 Å². The average Bonchev–Trinajstić information content (AvgIpc) is 2.48. The number of nitrogens with two attached hydrogens (primary N) is 1. The smallest absolute Gasteiger partial charge is 0.315 e. The number of rotatable bonds is 11. The normalized spacial score (nSPS) is 10.9. The van der Waals surface area contributed by atoms with Gasteiger partial charge in [0.25, 0.3) is 0 Å². The Morgan fingerprint density at radius 2 is 1.81 bits per heavy atom. The molecule has 5 nitrogen and oxygen atoms in total. The summed E-state index contributed by atoms with van der Waals surface area (Å²) in [6.07, 6.45) is 2.09. The van der Waals surface area contributed by atoms with Crippen molar-refractivity contribution in [2.24, 2.45) is 5.73 Å². The molecule has 0 aliphatic rings. The van der Waals surface area contributed by atoms with Gasteiger partial charge in [0.2, 0.25) is 0 Å². The van der Waals surface area contributed by atoms with E-state index >= 15 is 0 Å². The fourth-order valence-electron chi connectivity index (χ4n) is 1.86. The third kappa shape index (κ3) is 6.25. The monoisotopic (exact) mass is 295 g/mol. The van der Waals surface area contributed by atoms with Crippen LogP contribution in [0.25, 0.3) is 0 Å². The summed E-state index contributed by atoms with van der Waals surface area (Å²) in [4.78, 5) is 12.2.